The molecule has 1 aliphatic rings. The number of rotatable bonds is 4. The van der Waals surface area contributed by atoms with Gasteiger partial charge in [0.15, 0.2) is 0 Å². The van der Waals surface area contributed by atoms with Crippen LogP contribution in [0.2, 0.25) is 0 Å². The van der Waals surface area contributed by atoms with E-state index in [0.717, 1.165) is 35.3 Å². The van der Waals surface area contributed by atoms with Crippen molar-refractivity contribution >= 4 is 11.0 Å². The zero-order valence-corrected chi connectivity index (χ0v) is 14.5. The van der Waals surface area contributed by atoms with Crippen LogP contribution in [-0.2, 0) is 26.0 Å². The average molecular weight is 344 g/mol. The third-order valence-electron chi connectivity index (χ3n) is 5.20. The lowest BCUT2D eigenvalue weighted by atomic mass is 10.2. The van der Waals surface area contributed by atoms with E-state index in [2.05, 4.69) is 32.4 Å². The summed E-state index contributed by atoms with van der Waals surface area (Å²) in [6, 6.07) is 18.3. The van der Waals surface area contributed by atoms with Gasteiger partial charge in [0.1, 0.15) is 12.4 Å². The van der Waals surface area contributed by atoms with E-state index in [4.69, 9.17) is 5.10 Å². The van der Waals surface area contributed by atoms with E-state index >= 15 is 0 Å². The largest absolute Gasteiger partial charge is 0.388 e. The molecule has 0 aliphatic heterocycles. The molecule has 0 saturated carbocycles. The quantitative estimate of drug-likeness (QED) is 0.618. The second-order valence-corrected chi connectivity index (χ2v) is 6.73. The molecule has 5 nitrogen and oxygen atoms in total. The van der Waals surface area contributed by atoms with Gasteiger partial charge >= 0.3 is 0 Å². The summed E-state index contributed by atoms with van der Waals surface area (Å²) < 4.78 is 4.18. The maximum absolute atomic E-state index is 9.77. The van der Waals surface area contributed by atoms with Crippen LogP contribution in [0.1, 0.15) is 29.2 Å². The normalized spacial score (nSPS) is 13.4. The maximum atomic E-state index is 9.77. The van der Waals surface area contributed by atoms with E-state index in [1.165, 1.54) is 17.7 Å². The molecule has 2 aromatic carbocycles. The van der Waals surface area contributed by atoms with Crippen LogP contribution >= 0.6 is 0 Å². The molecule has 2 aromatic heterocycles. The molecule has 0 saturated heterocycles. The third-order valence-corrected chi connectivity index (χ3v) is 5.20. The van der Waals surface area contributed by atoms with Crippen molar-refractivity contribution in [2.24, 2.45) is 0 Å². The van der Waals surface area contributed by atoms with Gasteiger partial charge in [0.05, 0.1) is 29.0 Å². The monoisotopic (exact) mass is 344 g/mol. The summed E-state index contributed by atoms with van der Waals surface area (Å²) >= 11 is 0. The van der Waals surface area contributed by atoms with E-state index in [-0.39, 0.29) is 6.61 Å². The molecule has 0 spiro atoms. The van der Waals surface area contributed by atoms with E-state index in [9.17, 15) is 5.11 Å². The van der Waals surface area contributed by atoms with Crippen LogP contribution in [0.4, 0.5) is 0 Å². The molecule has 0 atom stereocenters. The van der Waals surface area contributed by atoms with Gasteiger partial charge in [-0.25, -0.2) is 9.67 Å². The molecule has 0 radical (unpaired) electrons. The van der Waals surface area contributed by atoms with Crippen molar-refractivity contribution in [3.8, 4) is 5.69 Å². The summed E-state index contributed by atoms with van der Waals surface area (Å²) in [7, 11) is 0. The van der Waals surface area contributed by atoms with Gasteiger partial charge < -0.3 is 9.67 Å². The number of fused-ring (bicyclic) bond motifs is 2. The molecule has 1 N–H and O–H groups in total. The average Bonchev–Trinajstić information content (AvgIpc) is 3.38. The highest BCUT2D eigenvalue weighted by molar-refractivity contribution is 5.76. The van der Waals surface area contributed by atoms with Crippen LogP contribution in [0.5, 0.6) is 0 Å². The predicted molar refractivity (Wildman–Crippen MR) is 100 cm³/mol. The number of hydrogen-bond donors (Lipinski definition) is 1. The van der Waals surface area contributed by atoms with Gasteiger partial charge in [-0.05, 0) is 49.1 Å². The number of imidazole rings is 1. The molecule has 4 aromatic rings. The van der Waals surface area contributed by atoms with Crippen molar-refractivity contribution in [3.05, 3.63) is 77.4 Å². The summed E-state index contributed by atoms with van der Waals surface area (Å²) in [4.78, 5) is 4.56. The van der Waals surface area contributed by atoms with Crippen LogP contribution in [0.15, 0.2) is 54.6 Å². The first kappa shape index (κ1) is 15.3. The molecular weight excluding hydrogens is 324 g/mol. The number of aromatic nitrogens is 4. The molecule has 130 valence electrons. The Morgan fingerprint density at radius 3 is 2.62 bits per heavy atom. The SMILES string of the molecule is OCc1nc2ccccc2n1Cc1nn(-c2ccccc2)c2c1CCC2. The molecular formula is C21H20N4O. The Labute approximate surface area is 151 Å². The van der Waals surface area contributed by atoms with Gasteiger partial charge in [0.25, 0.3) is 0 Å². The summed E-state index contributed by atoms with van der Waals surface area (Å²) in [5, 5.41) is 14.7. The molecule has 0 bridgehead atoms. The smallest absolute Gasteiger partial charge is 0.136 e. The highest BCUT2D eigenvalue weighted by Crippen LogP contribution is 2.29. The lowest BCUT2D eigenvalue weighted by Gasteiger charge is -2.07. The Kier molecular flexibility index (Phi) is 3.60. The first-order chi connectivity index (χ1) is 12.8. The molecule has 1 aliphatic carbocycles. The molecule has 5 heteroatoms. The Morgan fingerprint density at radius 2 is 1.77 bits per heavy atom. The molecule has 0 amide bonds. The number of aliphatic hydroxyl groups is 1. The van der Waals surface area contributed by atoms with Crippen molar-refractivity contribution in [3.63, 3.8) is 0 Å². The Hall–Kier alpha value is -2.92. The lowest BCUT2D eigenvalue weighted by molar-refractivity contribution is 0.267. The topological polar surface area (TPSA) is 55.9 Å². The van der Waals surface area contributed by atoms with Crippen molar-refractivity contribution in [1.82, 2.24) is 19.3 Å². The predicted octanol–water partition coefficient (Wildman–Crippen LogP) is 3.25. The van der Waals surface area contributed by atoms with E-state index in [1.807, 2.05) is 36.4 Å². The first-order valence-electron chi connectivity index (χ1n) is 9.05. The molecule has 2 heterocycles. The highest BCUT2D eigenvalue weighted by atomic mass is 16.3. The summed E-state index contributed by atoms with van der Waals surface area (Å²) in [5.41, 5.74) is 6.82. The fourth-order valence-electron chi connectivity index (χ4n) is 4.00. The Balaban J connectivity index is 1.63. The van der Waals surface area contributed by atoms with E-state index in [0.29, 0.717) is 12.4 Å². The van der Waals surface area contributed by atoms with Crippen molar-refractivity contribution < 1.29 is 5.11 Å². The maximum Gasteiger partial charge on any atom is 0.136 e. The van der Waals surface area contributed by atoms with Gasteiger partial charge in [-0.1, -0.05) is 30.3 Å². The minimum atomic E-state index is -0.0732. The van der Waals surface area contributed by atoms with Crippen molar-refractivity contribution in [2.45, 2.75) is 32.4 Å². The van der Waals surface area contributed by atoms with Crippen LogP contribution in [0.25, 0.3) is 16.7 Å². The van der Waals surface area contributed by atoms with Crippen LogP contribution < -0.4 is 0 Å². The number of aliphatic hydroxyl groups excluding tert-OH is 1. The zero-order chi connectivity index (χ0) is 17.5. The summed E-state index contributed by atoms with van der Waals surface area (Å²) in [6.07, 6.45) is 3.30. The Morgan fingerprint density at radius 1 is 0.962 bits per heavy atom. The van der Waals surface area contributed by atoms with Gasteiger partial charge in [0, 0.05) is 5.69 Å². The minimum Gasteiger partial charge on any atom is -0.388 e. The Bertz CT molecular complexity index is 1080. The number of benzene rings is 2. The van der Waals surface area contributed by atoms with Gasteiger partial charge in [-0.3, -0.25) is 0 Å². The molecule has 0 fully saturated rings. The fraction of sp³-hybridized carbons (Fsp3) is 0.238. The lowest BCUT2D eigenvalue weighted by Crippen LogP contribution is -2.08. The van der Waals surface area contributed by atoms with Crippen LogP contribution in [0, 0.1) is 0 Å². The van der Waals surface area contributed by atoms with E-state index in [1.54, 1.807) is 0 Å². The standard InChI is InChI=1S/C21H20N4O/c26-14-21-22-17-10-4-5-11-20(17)24(21)13-18-16-9-6-12-19(16)25(23-18)15-7-2-1-3-8-15/h1-5,7-8,10-11,26H,6,9,12-14H2. The van der Waals surface area contributed by atoms with Crippen LogP contribution in [0.3, 0.4) is 0 Å². The minimum absolute atomic E-state index is 0.0732. The van der Waals surface area contributed by atoms with Crippen LogP contribution in [-0.4, -0.2) is 24.4 Å². The second kappa shape index (κ2) is 6.11. The third kappa shape index (κ3) is 2.35. The summed E-state index contributed by atoms with van der Waals surface area (Å²) in [6.45, 7) is 0.564. The zero-order valence-electron chi connectivity index (χ0n) is 14.5. The number of nitrogens with zero attached hydrogens (tertiary/aromatic N) is 4. The second-order valence-electron chi connectivity index (χ2n) is 6.73. The molecule has 5 rings (SSSR count). The van der Waals surface area contributed by atoms with Gasteiger partial charge in [-0.15, -0.1) is 0 Å². The van der Waals surface area contributed by atoms with Gasteiger partial charge in [0.2, 0.25) is 0 Å². The highest BCUT2D eigenvalue weighted by Gasteiger charge is 2.24. The number of para-hydroxylation sites is 3. The first-order valence-corrected chi connectivity index (χ1v) is 9.05. The van der Waals surface area contributed by atoms with E-state index < -0.39 is 0 Å². The molecule has 0 unspecified atom stereocenters. The van der Waals surface area contributed by atoms with Crippen molar-refractivity contribution in [2.75, 3.05) is 0 Å². The fourth-order valence-corrected chi connectivity index (χ4v) is 4.00. The van der Waals surface area contributed by atoms with Crippen molar-refractivity contribution in [1.29, 1.82) is 0 Å². The van der Waals surface area contributed by atoms with Gasteiger partial charge in [-0.2, -0.15) is 5.10 Å². The number of hydrogen-bond acceptors (Lipinski definition) is 3. The molecule has 26 heavy (non-hydrogen) atoms. The summed E-state index contributed by atoms with van der Waals surface area (Å²) in [5.74, 6) is 0.687.